The molecule has 0 saturated carbocycles. The van der Waals surface area contributed by atoms with Gasteiger partial charge < -0.3 is 9.72 Å². The van der Waals surface area contributed by atoms with Gasteiger partial charge >= 0.3 is 5.69 Å². The fourth-order valence-electron chi connectivity index (χ4n) is 0.636. The molecule has 5 heteroatoms. The van der Waals surface area contributed by atoms with Crippen molar-refractivity contribution in [1.82, 2.24) is 9.97 Å². The van der Waals surface area contributed by atoms with E-state index < -0.39 is 17.8 Å². The molecular weight excluding hydrogens is 160 g/mol. The first-order chi connectivity index (χ1) is 6.47. The van der Waals surface area contributed by atoms with Crippen LogP contribution in [0.4, 0.5) is 0 Å². The average Bonchev–Trinajstić information content (AvgIpc) is 2.02. The molecule has 0 aliphatic rings. The summed E-state index contributed by atoms with van der Waals surface area (Å²) >= 11 is 0. The molecule has 0 bridgehead atoms. The summed E-state index contributed by atoms with van der Waals surface area (Å²) in [4.78, 5) is 25.9. The molecule has 0 aromatic carbocycles. The zero-order valence-electron chi connectivity index (χ0n) is 8.51. The van der Waals surface area contributed by atoms with Crippen LogP contribution in [-0.2, 0) is 11.3 Å². The van der Waals surface area contributed by atoms with Crippen molar-refractivity contribution in [1.29, 1.82) is 0 Å². The number of hydrogen-bond acceptors (Lipinski definition) is 3. The molecule has 1 rings (SSSR count). The highest BCUT2D eigenvalue weighted by molar-refractivity contribution is 5.00. The molecule has 66 valence electrons. The molecule has 0 radical (unpaired) electrons. The number of ether oxygens (including phenoxy) is 1. The monoisotopic (exact) mass is 172 g/mol. The molecule has 1 aromatic rings. The van der Waals surface area contributed by atoms with E-state index in [-0.39, 0.29) is 12.2 Å². The van der Waals surface area contributed by atoms with Gasteiger partial charge in [0.05, 0.1) is 14.9 Å². The van der Waals surface area contributed by atoms with E-state index in [0.29, 0.717) is 0 Å². The third-order valence-electron chi connectivity index (χ3n) is 1.15. The van der Waals surface area contributed by atoms with E-state index in [9.17, 15) is 9.59 Å². The summed E-state index contributed by atoms with van der Waals surface area (Å²) in [5, 5.41) is 0. The largest absolute Gasteiger partial charge is 0.377 e. The van der Waals surface area contributed by atoms with Crippen LogP contribution in [-0.4, -0.2) is 16.6 Å². The minimum atomic E-state index is -2.19. The number of aromatic amines is 2. The molecule has 0 aliphatic carbocycles. The molecule has 2 N–H and O–H groups in total. The van der Waals surface area contributed by atoms with Crippen LogP contribution < -0.4 is 11.2 Å². The predicted octanol–water partition coefficient (Wildman–Crippen LogP) is -0.400. The standard InChI is InChI=1S/C7H10N2O3/c1-2-12-4-5-3-8-7(11)9-6(5)10/h3H,2,4H2,1H3,(H2,8,9,10,11)/i4D2. The minimum Gasteiger partial charge on any atom is -0.377 e. The van der Waals surface area contributed by atoms with Gasteiger partial charge in [0.2, 0.25) is 0 Å². The Morgan fingerprint density at radius 2 is 2.42 bits per heavy atom. The fourth-order valence-corrected chi connectivity index (χ4v) is 0.636. The van der Waals surface area contributed by atoms with Crippen molar-refractivity contribution in [3.63, 3.8) is 0 Å². The number of hydrogen-bond donors (Lipinski definition) is 2. The van der Waals surface area contributed by atoms with Gasteiger partial charge in [-0.15, -0.1) is 0 Å². The molecule has 1 aromatic heterocycles. The lowest BCUT2D eigenvalue weighted by Crippen LogP contribution is -2.24. The van der Waals surface area contributed by atoms with E-state index in [1.807, 2.05) is 4.98 Å². The van der Waals surface area contributed by atoms with Gasteiger partial charge in [0, 0.05) is 12.8 Å². The maximum absolute atomic E-state index is 11.2. The summed E-state index contributed by atoms with van der Waals surface area (Å²) in [5.41, 5.74) is -1.71. The maximum atomic E-state index is 11.2. The Balaban J connectivity index is 3.19. The predicted molar refractivity (Wildman–Crippen MR) is 43.0 cm³/mol. The number of aromatic nitrogens is 2. The van der Waals surface area contributed by atoms with Crippen molar-refractivity contribution in [2.75, 3.05) is 6.61 Å². The van der Waals surface area contributed by atoms with E-state index in [1.54, 1.807) is 6.92 Å². The molecule has 12 heavy (non-hydrogen) atoms. The zero-order chi connectivity index (χ0) is 10.8. The minimum absolute atomic E-state index is 0.131. The molecule has 0 aliphatic heterocycles. The smallest absolute Gasteiger partial charge is 0.325 e. The third-order valence-corrected chi connectivity index (χ3v) is 1.15. The molecule has 1 heterocycles. The number of rotatable bonds is 3. The Morgan fingerprint density at radius 3 is 3.00 bits per heavy atom. The highest BCUT2D eigenvalue weighted by atomic mass is 16.5. The molecule has 0 unspecified atom stereocenters. The third kappa shape index (κ3) is 2.06. The van der Waals surface area contributed by atoms with Gasteiger partial charge in [-0.2, -0.15) is 0 Å². The first-order valence-corrected chi connectivity index (χ1v) is 3.44. The van der Waals surface area contributed by atoms with Gasteiger partial charge in [-0.3, -0.25) is 9.78 Å². The van der Waals surface area contributed by atoms with E-state index in [0.717, 1.165) is 6.20 Å². The first kappa shape index (κ1) is 6.19. The van der Waals surface area contributed by atoms with Crippen molar-refractivity contribution < 1.29 is 7.48 Å². The summed E-state index contributed by atoms with van der Waals surface area (Å²) < 4.78 is 19.5. The van der Waals surface area contributed by atoms with Crippen LogP contribution in [0.25, 0.3) is 0 Å². The van der Waals surface area contributed by atoms with Crippen LogP contribution in [0.15, 0.2) is 15.8 Å². The molecule has 5 nitrogen and oxygen atoms in total. The summed E-state index contributed by atoms with van der Waals surface area (Å²) in [6.45, 7) is -0.449. The van der Waals surface area contributed by atoms with Crippen molar-refractivity contribution in [2.45, 2.75) is 13.5 Å². The van der Waals surface area contributed by atoms with E-state index >= 15 is 0 Å². The fraction of sp³-hybridized carbons (Fsp3) is 0.429. The lowest BCUT2D eigenvalue weighted by atomic mass is 10.4. The second-order valence-corrected chi connectivity index (χ2v) is 2.02. The van der Waals surface area contributed by atoms with Crippen molar-refractivity contribution >= 4 is 0 Å². The van der Waals surface area contributed by atoms with E-state index in [1.165, 1.54) is 0 Å². The van der Waals surface area contributed by atoms with Crippen molar-refractivity contribution in [2.24, 2.45) is 0 Å². The topological polar surface area (TPSA) is 75.0 Å². The second kappa shape index (κ2) is 3.87. The van der Waals surface area contributed by atoms with Gasteiger partial charge in [0.1, 0.15) is 0 Å². The van der Waals surface area contributed by atoms with Gasteiger partial charge in [-0.05, 0) is 6.92 Å². The molecule has 0 fully saturated rings. The number of H-pyrrole nitrogens is 2. The summed E-state index contributed by atoms with van der Waals surface area (Å²) in [7, 11) is 0. The van der Waals surface area contributed by atoms with Crippen LogP contribution >= 0.6 is 0 Å². The Hall–Kier alpha value is -1.36. The van der Waals surface area contributed by atoms with Gasteiger partial charge in [0.25, 0.3) is 5.56 Å². The zero-order valence-corrected chi connectivity index (χ0v) is 6.51. The lowest BCUT2D eigenvalue weighted by Gasteiger charge is -1.97. The SMILES string of the molecule is [2H]C([2H])(OCC)c1c[nH]c(=O)[nH]c1=O. The Kier molecular flexibility index (Phi) is 1.99. The van der Waals surface area contributed by atoms with Crippen LogP contribution in [0.3, 0.4) is 0 Å². The molecule has 0 atom stereocenters. The molecule has 0 amide bonds. The quantitative estimate of drug-likeness (QED) is 0.651. The van der Waals surface area contributed by atoms with Crippen LogP contribution in [0, 0.1) is 0 Å². The highest BCUT2D eigenvalue weighted by Gasteiger charge is 1.98. The first-order valence-electron chi connectivity index (χ1n) is 4.44. The highest BCUT2D eigenvalue weighted by Crippen LogP contribution is 1.87. The molecule has 0 saturated heterocycles. The Bertz CT molecular complexity index is 423. The average molecular weight is 172 g/mol. The normalized spacial score (nSPS) is 13.8. The van der Waals surface area contributed by atoms with E-state index in [2.05, 4.69) is 4.98 Å². The lowest BCUT2D eigenvalue weighted by molar-refractivity contribution is 0.133. The van der Waals surface area contributed by atoms with Crippen molar-refractivity contribution in [3.05, 3.63) is 32.6 Å². The van der Waals surface area contributed by atoms with Crippen LogP contribution in [0.1, 0.15) is 15.2 Å². The van der Waals surface area contributed by atoms with E-state index in [4.69, 9.17) is 7.48 Å². The Morgan fingerprint density at radius 1 is 1.67 bits per heavy atom. The number of nitrogens with one attached hydrogen (secondary N) is 2. The van der Waals surface area contributed by atoms with Gasteiger partial charge in [-0.1, -0.05) is 0 Å². The Labute approximate surface area is 71.2 Å². The van der Waals surface area contributed by atoms with Gasteiger partial charge in [-0.25, -0.2) is 4.79 Å². The van der Waals surface area contributed by atoms with Gasteiger partial charge in [0.15, 0.2) is 0 Å². The molecule has 0 spiro atoms. The maximum Gasteiger partial charge on any atom is 0.325 e. The van der Waals surface area contributed by atoms with Crippen molar-refractivity contribution in [3.8, 4) is 0 Å². The summed E-state index contributed by atoms with van der Waals surface area (Å²) in [6, 6.07) is 0. The second-order valence-electron chi connectivity index (χ2n) is 2.02. The van der Waals surface area contributed by atoms with Crippen LogP contribution in [0.5, 0.6) is 0 Å². The summed E-state index contributed by atoms with van der Waals surface area (Å²) in [6.07, 6.45) is 1.01. The van der Waals surface area contributed by atoms with Crippen LogP contribution in [0.2, 0.25) is 0 Å². The molecular formula is C7H10N2O3. The summed E-state index contributed by atoms with van der Waals surface area (Å²) in [5.74, 6) is 0.